The minimum Gasteiger partial charge on any atom is -0.299 e. The van der Waals surface area contributed by atoms with Gasteiger partial charge in [0.05, 0.1) is 32.7 Å². The molecule has 0 fully saturated rings. The summed E-state index contributed by atoms with van der Waals surface area (Å²) in [6.07, 6.45) is 0. The first-order valence-electron chi connectivity index (χ1n) is 9.13. The fourth-order valence-electron chi connectivity index (χ4n) is 2.84. The first kappa shape index (κ1) is 25.2. The highest BCUT2D eigenvalue weighted by Gasteiger charge is 2.16. The number of nitrogens with zero attached hydrogens (tertiary/aromatic N) is 3. The van der Waals surface area contributed by atoms with Crippen LogP contribution in [0.3, 0.4) is 0 Å². The van der Waals surface area contributed by atoms with Gasteiger partial charge < -0.3 is 0 Å². The summed E-state index contributed by atoms with van der Waals surface area (Å²) in [6.45, 7) is 10.4. The quantitative estimate of drug-likeness (QED) is 0.363. The number of carbonyl (C=O) groups is 5. The van der Waals surface area contributed by atoms with Gasteiger partial charge in [-0.3, -0.25) is 38.7 Å². The average molecular weight is 383 g/mol. The van der Waals surface area contributed by atoms with Crippen molar-refractivity contribution in [3.05, 3.63) is 0 Å². The van der Waals surface area contributed by atoms with Crippen LogP contribution < -0.4 is 0 Å². The first-order chi connectivity index (χ1) is 12.5. The molecule has 8 heteroatoms. The minimum atomic E-state index is -0.0246. The van der Waals surface area contributed by atoms with Crippen molar-refractivity contribution in [3.63, 3.8) is 0 Å². The monoisotopic (exact) mass is 383 g/mol. The Morgan fingerprint density at radius 3 is 0.815 bits per heavy atom. The Morgan fingerprint density at radius 2 is 0.593 bits per heavy atom. The van der Waals surface area contributed by atoms with Gasteiger partial charge in [-0.25, -0.2) is 0 Å². The fraction of sp³-hybridized carbons (Fsp3) is 0.737. The second-order valence-corrected chi connectivity index (χ2v) is 7.21. The Labute approximate surface area is 161 Å². The Kier molecular flexibility index (Phi) is 12.5. The van der Waals surface area contributed by atoms with Gasteiger partial charge in [-0.05, 0) is 34.6 Å². The van der Waals surface area contributed by atoms with Crippen LogP contribution in [0.5, 0.6) is 0 Å². The van der Waals surface area contributed by atoms with Crippen molar-refractivity contribution in [1.82, 2.24) is 14.7 Å². The lowest BCUT2D eigenvalue weighted by Crippen LogP contribution is -2.44. The summed E-state index contributed by atoms with van der Waals surface area (Å²) in [4.78, 5) is 62.6. The topological polar surface area (TPSA) is 95.1 Å². The standard InChI is InChI=1S/C19H33N3O5/c1-15(23)10-20(6-8-21(11-16(2)24)12-17(3)25)7-9-22(13-18(4)26)14-19(5)27/h6-14H2,1-5H3. The van der Waals surface area contributed by atoms with Gasteiger partial charge >= 0.3 is 0 Å². The normalized spacial score (nSPS) is 11.3. The molecule has 0 aliphatic carbocycles. The molecule has 0 aliphatic heterocycles. The SMILES string of the molecule is CC(=O)CN(CCN(CC(C)=O)CC(C)=O)CCN(CC(C)=O)CC(C)=O. The molecule has 0 unspecified atom stereocenters. The Balaban J connectivity index is 4.85. The molecule has 0 saturated heterocycles. The van der Waals surface area contributed by atoms with Crippen LogP contribution >= 0.6 is 0 Å². The summed E-state index contributed by atoms with van der Waals surface area (Å²) < 4.78 is 0. The van der Waals surface area contributed by atoms with Crippen LogP contribution in [-0.2, 0) is 24.0 Å². The van der Waals surface area contributed by atoms with E-state index >= 15 is 0 Å². The van der Waals surface area contributed by atoms with E-state index in [2.05, 4.69) is 0 Å². The summed E-state index contributed by atoms with van der Waals surface area (Å²) in [6, 6.07) is 0. The summed E-state index contributed by atoms with van der Waals surface area (Å²) in [5.41, 5.74) is 0. The zero-order chi connectivity index (χ0) is 21.0. The number of hydrogen-bond donors (Lipinski definition) is 0. The zero-order valence-electron chi connectivity index (χ0n) is 17.2. The molecular formula is C19H33N3O5. The van der Waals surface area contributed by atoms with Gasteiger partial charge in [-0.2, -0.15) is 0 Å². The van der Waals surface area contributed by atoms with E-state index in [4.69, 9.17) is 0 Å². The maximum absolute atomic E-state index is 11.6. The van der Waals surface area contributed by atoms with Crippen molar-refractivity contribution in [3.8, 4) is 0 Å². The molecule has 0 heterocycles. The van der Waals surface area contributed by atoms with E-state index in [0.29, 0.717) is 26.2 Å². The summed E-state index contributed by atoms with van der Waals surface area (Å²) in [5, 5.41) is 0. The predicted octanol–water partition coefficient (Wildman–Crippen LogP) is -0.163. The van der Waals surface area contributed by atoms with E-state index < -0.39 is 0 Å². The number of ketones is 5. The molecule has 0 saturated carbocycles. The summed E-state index contributed by atoms with van der Waals surface area (Å²) in [7, 11) is 0. The molecule has 0 aromatic carbocycles. The molecule has 0 aromatic rings. The molecule has 27 heavy (non-hydrogen) atoms. The third-order valence-corrected chi connectivity index (χ3v) is 3.70. The molecule has 0 N–H and O–H groups in total. The average Bonchev–Trinajstić information content (AvgIpc) is 2.46. The van der Waals surface area contributed by atoms with Crippen LogP contribution in [0.15, 0.2) is 0 Å². The molecule has 0 amide bonds. The molecule has 0 rings (SSSR count). The van der Waals surface area contributed by atoms with Crippen molar-refractivity contribution in [1.29, 1.82) is 0 Å². The minimum absolute atomic E-state index is 0.00405. The highest BCUT2D eigenvalue weighted by molar-refractivity contribution is 5.81. The molecule has 0 atom stereocenters. The molecular weight excluding hydrogens is 350 g/mol. The lowest BCUT2D eigenvalue weighted by atomic mass is 10.3. The van der Waals surface area contributed by atoms with E-state index in [1.807, 2.05) is 4.90 Å². The van der Waals surface area contributed by atoms with Gasteiger partial charge in [0.1, 0.15) is 28.9 Å². The van der Waals surface area contributed by atoms with Crippen molar-refractivity contribution in [2.75, 3.05) is 58.9 Å². The van der Waals surface area contributed by atoms with Crippen LogP contribution in [0, 0.1) is 0 Å². The van der Waals surface area contributed by atoms with Crippen molar-refractivity contribution >= 4 is 28.9 Å². The number of hydrogen-bond acceptors (Lipinski definition) is 8. The summed E-state index contributed by atoms with van der Waals surface area (Å²) in [5.74, 6) is -0.0943. The van der Waals surface area contributed by atoms with E-state index in [1.54, 1.807) is 9.80 Å². The van der Waals surface area contributed by atoms with Crippen LogP contribution in [0.25, 0.3) is 0 Å². The molecule has 0 aliphatic rings. The maximum Gasteiger partial charge on any atom is 0.143 e. The number of carbonyl (C=O) groups excluding carboxylic acids is 5. The number of rotatable bonds is 16. The second-order valence-electron chi connectivity index (χ2n) is 7.21. The second kappa shape index (κ2) is 13.4. The highest BCUT2D eigenvalue weighted by Crippen LogP contribution is 1.98. The lowest BCUT2D eigenvalue weighted by molar-refractivity contribution is -0.122. The van der Waals surface area contributed by atoms with E-state index in [0.717, 1.165) is 0 Å². The highest BCUT2D eigenvalue weighted by atomic mass is 16.1. The maximum atomic E-state index is 11.6. The molecule has 0 spiro atoms. The Bertz CT molecular complexity index is 475. The molecule has 154 valence electrons. The van der Waals surface area contributed by atoms with Gasteiger partial charge in [0, 0.05) is 26.2 Å². The van der Waals surface area contributed by atoms with Gasteiger partial charge in [0.25, 0.3) is 0 Å². The largest absolute Gasteiger partial charge is 0.299 e. The van der Waals surface area contributed by atoms with Crippen molar-refractivity contribution in [2.24, 2.45) is 0 Å². The lowest BCUT2D eigenvalue weighted by Gasteiger charge is -2.28. The van der Waals surface area contributed by atoms with Crippen LogP contribution in [0.2, 0.25) is 0 Å². The molecule has 0 radical (unpaired) electrons. The Morgan fingerprint density at radius 1 is 0.407 bits per heavy atom. The van der Waals surface area contributed by atoms with Gasteiger partial charge in [-0.1, -0.05) is 0 Å². The Hall–Kier alpha value is -1.77. The third kappa shape index (κ3) is 15.0. The van der Waals surface area contributed by atoms with Crippen LogP contribution in [-0.4, -0.2) is 103 Å². The smallest absolute Gasteiger partial charge is 0.143 e. The third-order valence-electron chi connectivity index (χ3n) is 3.70. The van der Waals surface area contributed by atoms with Crippen LogP contribution in [0.1, 0.15) is 34.6 Å². The zero-order valence-corrected chi connectivity index (χ0v) is 17.2. The predicted molar refractivity (Wildman–Crippen MR) is 103 cm³/mol. The van der Waals surface area contributed by atoms with Crippen LogP contribution in [0.4, 0.5) is 0 Å². The summed E-state index contributed by atoms with van der Waals surface area (Å²) >= 11 is 0. The van der Waals surface area contributed by atoms with Gasteiger partial charge in [0.15, 0.2) is 0 Å². The van der Waals surface area contributed by atoms with E-state index in [1.165, 1.54) is 34.6 Å². The van der Waals surface area contributed by atoms with Crippen molar-refractivity contribution in [2.45, 2.75) is 34.6 Å². The van der Waals surface area contributed by atoms with E-state index in [-0.39, 0.29) is 61.6 Å². The van der Waals surface area contributed by atoms with E-state index in [9.17, 15) is 24.0 Å². The van der Waals surface area contributed by atoms with Crippen molar-refractivity contribution < 1.29 is 24.0 Å². The van der Waals surface area contributed by atoms with Gasteiger partial charge in [0.2, 0.25) is 0 Å². The van der Waals surface area contributed by atoms with Gasteiger partial charge in [-0.15, -0.1) is 0 Å². The molecule has 0 aromatic heterocycles. The molecule has 0 bridgehead atoms. The number of Topliss-reactive ketones (excluding diaryl/α,β-unsaturated/α-hetero) is 5. The first-order valence-corrected chi connectivity index (χ1v) is 9.13. The molecule has 8 nitrogen and oxygen atoms in total. The fourth-order valence-corrected chi connectivity index (χ4v) is 2.84.